The first kappa shape index (κ1) is 55.1. The van der Waals surface area contributed by atoms with Gasteiger partial charge in [-0.05, 0) is 69.5 Å². The number of nitrogens with one attached hydrogen (secondary N) is 5. The Labute approximate surface area is 409 Å². The molecule has 3 heterocycles. The van der Waals surface area contributed by atoms with Crippen LogP contribution in [0.25, 0.3) is 0 Å². The molecule has 9 atom stereocenters. The lowest BCUT2D eigenvalue weighted by atomic mass is 9.83. The van der Waals surface area contributed by atoms with Gasteiger partial charge in [-0.25, -0.2) is 4.79 Å². The second kappa shape index (κ2) is 22.9. The highest BCUT2D eigenvalue weighted by molar-refractivity contribution is 7.52. The van der Waals surface area contributed by atoms with Crippen molar-refractivity contribution < 1.29 is 76.7 Å². The van der Waals surface area contributed by atoms with E-state index in [1.54, 1.807) is 68.5 Å². The van der Waals surface area contributed by atoms with E-state index in [1.165, 1.54) is 40.0 Å². The Morgan fingerprint density at radius 1 is 1.04 bits per heavy atom. The molecule has 4 bridgehead atoms. The van der Waals surface area contributed by atoms with Gasteiger partial charge in [0.15, 0.2) is 5.72 Å². The molecule has 70 heavy (non-hydrogen) atoms. The van der Waals surface area contributed by atoms with Crippen LogP contribution in [-0.2, 0) is 65.3 Å². The molecule has 2 unspecified atom stereocenters. The lowest BCUT2D eigenvalue weighted by molar-refractivity contribution is -0.151. The number of ether oxygens (including phenoxy) is 5. The van der Waals surface area contributed by atoms with Crippen LogP contribution in [0.4, 0.5) is 16.2 Å². The van der Waals surface area contributed by atoms with Crippen LogP contribution >= 0.6 is 19.2 Å². The average molecular weight is 1020 g/mol. The number of rotatable bonds is 14. The number of nitrogens with zero attached hydrogens (tertiary/aromatic N) is 1. The molecule has 3 aliphatic heterocycles. The molecule has 3 aliphatic rings. The van der Waals surface area contributed by atoms with Crippen LogP contribution in [0.3, 0.4) is 0 Å². The standard InChI is InChI=1S/C46H60ClN6O16P/c1-24-10-9-11-34(65-8)46(61)21-33(67-44(60)52-46)25(2)41-45(5,69-41)35(68-39(57)23-70(62,63)64)19-38(56)53(7)31-17-29(16-24)18-32(40(31)47)66-22-28-12-14-30(15-13-28)51-43(59)27(4)50-42(58)26(3)49-37(55)20-36(54)48-6/h9-15,17-18,25-27,33-35,41,61H,16,19-23H2,1-8H3,(H,48,54)(H,49,55)(H,50,58)(H,51,59)(H,52,60)(H2,62,63,64)/b11-9+,24-10+/t25-,26?,27?,33+,34-,35+,41+,45+,46+/m1/s1. The summed E-state index contributed by atoms with van der Waals surface area (Å²) in [7, 11) is -0.695. The first-order valence-corrected chi connectivity index (χ1v) is 24.3. The van der Waals surface area contributed by atoms with Crippen molar-refractivity contribution in [1.82, 2.24) is 21.3 Å². The van der Waals surface area contributed by atoms with Gasteiger partial charge < -0.3 is 64.7 Å². The third-order valence-corrected chi connectivity index (χ3v) is 13.1. The van der Waals surface area contributed by atoms with Crippen LogP contribution in [0.5, 0.6) is 5.75 Å². The van der Waals surface area contributed by atoms with E-state index in [0.717, 1.165) is 5.57 Å². The van der Waals surface area contributed by atoms with Crippen LogP contribution in [-0.4, -0.2) is 132 Å². The van der Waals surface area contributed by atoms with Crippen LogP contribution in [0, 0.1) is 5.92 Å². The number of fused-ring (bicyclic) bond motifs is 5. The summed E-state index contributed by atoms with van der Waals surface area (Å²) >= 11 is 7.00. The normalized spacial score (nSPS) is 26.8. The van der Waals surface area contributed by atoms with E-state index in [4.69, 9.17) is 35.3 Å². The molecule has 2 aromatic carbocycles. The molecule has 24 heteroatoms. The minimum absolute atomic E-state index is 0.0303. The maximum absolute atomic E-state index is 14.3. The topological polar surface area (TPSA) is 310 Å². The summed E-state index contributed by atoms with van der Waals surface area (Å²) in [4.78, 5) is 109. The Morgan fingerprint density at radius 2 is 1.71 bits per heavy atom. The predicted molar refractivity (Wildman–Crippen MR) is 252 cm³/mol. The van der Waals surface area contributed by atoms with Crippen LogP contribution in [0.2, 0.25) is 5.02 Å². The fraction of sp³-hybridized carbons (Fsp3) is 0.500. The lowest BCUT2D eigenvalue weighted by Gasteiger charge is -2.42. The van der Waals surface area contributed by atoms with E-state index >= 15 is 0 Å². The molecule has 2 saturated heterocycles. The van der Waals surface area contributed by atoms with E-state index < -0.39 is 122 Å². The Morgan fingerprint density at radius 3 is 2.36 bits per heavy atom. The van der Waals surface area contributed by atoms with Crippen molar-refractivity contribution in [2.24, 2.45) is 5.92 Å². The first-order chi connectivity index (χ1) is 32.7. The minimum atomic E-state index is -4.89. The summed E-state index contributed by atoms with van der Waals surface area (Å²) in [5, 5.41) is 24.2. The molecule has 2 fully saturated rings. The Kier molecular flexibility index (Phi) is 18.0. The summed E-state index contributed by atoms with van der Waals surface area (Å²) in [6, 6.07) is 7.96. The number of esters is 1. The summed E-state index contributed by atoms with van der Waals surface area (Å²) in [5.74, 6) is -4.77. The number of benzene rings is 2. The monoisotopic (exact) mass is 1020 g/mol. The number of amides is 6. The molecule has 382 valence electrons. The van der Waals surface area contributed by atoms with Gasteiger partial charge in [0.2, 0.25) is 29.5 Å². The van der Waals surface area contributed by atoms with Crippen LogP contribution in [0.1, 0.15) is 65.0 Å². The van der Waals surface area contributed by atoms with Gasteiger partial charge >= 0.3 is 19.7 Å². The number of methoxy groups -OCH3 is 1. The van der Waals surface area contributed by atoms with E-state index in [2.05, 4.69) is 26.6 Å². The van der Waals surface area contributed by atoms with Gasteiger partial charge in [-0.3, -0.25) is 38.6 Å². The molecule has 0 radical (unpaired) electrons. The van der Waals surface area contributed by atoms with E-state index in [1.807, 2.05) is 6.92 Å². The number of epoxide rings is 1. The number of aliphatic hydroxyl groups is 1. The average Bonchev–Trinajstić information content (AvgIpc) is 3.97. The third-order valence-electron chi connectivity index (χ3n) is 12.1. The zero-order valence-corrected chi connectivity index (χ0v) is 41.6. The van der Waals surface area contributed by atoms with Crippen LogP contribution in [0.15, 0.2) is 60.2 Å². The molecule has 0 aliphatic carbocycles. The molecule has 0 aromatic heterocycles. The predicted octanol–water partition coefficient (Wildman–Crippen LogP) is 2.50. The first-order valence-electron chi connectivity index (χ1n) is 22.2. The van der Waals surface area contributed by atoms with E-state index in [-0.39, 0.29) is 29.5 Å². The largest absolute Gasteiger partial charge is 0.487 e. The number of carbonyl (C=O) groups is 7. The molecule has 0 saturated carbocycles. The van der Waals surface area contributed by atoms with Gasteiger partial charge in [0.1, 0.15) is 66.0 Å². The SMILES string of the molecule is CNC(=O)CC(=O)NC(C)C(=O)NC(C)C(=O)Nc1ccc(COc2cc3cc(c2Cl)N(C)C(=O)C[C@H](OC(=O)CP(=O)(O)O)[C@]2(C)O[C@H]2[C@H](C)[C@@H]2C[C@@](O)(NC(=O)O2)[C@H](OC)/C=C/C=C(\C)C3)cc1. The van der Waals surface area contributed by atoms with Crippen molar-refractivity contribution in [3.05, 3.63) is 76.3 Å². The number of halogens is 1. The van der Waals surface area contributed by atoms with Gasteiger partial charge in [0, 0.05) is 39.2 Å². The van der Waals surface area contributed by atoms with Crippen molar-refractivity contribution in [3.8, 4) is 5.75 Å². The Balaban J connectivity index is 1.39. The number of carbonyl (C=O) groups excluding carboxylic acids is 7. The van der Waals surface area contributed by atoms with Crippen LogP contribution < -0.4 is 36.2 Å². The fourth-order valence-electron chi connectivity index (χ4n) is 8.02. The highest BCUT2D eigenvalue weighted by Gasteiger charge is 2.64. The highest BCUT2D eigenvalue weighted by atomic mass is 35.5. The number of hydrogen-bond acceptors (Lipinski definition) is 14. The molecule has 2 aromatic rings. The highest BCUT2D eigenvalue weighted by Crippen LogP contribution is 2.49. The maximum atomic E-state index is 14.3. The summed E-state index contributed by atoms with van der Waals surface area (Å²) in [6.45, 7) is 7.93. The number of alkyl carbamates (subject to hydrolysis) is 1. The molecule has 22 nitrogen and oxygen atoms in total. The van der Waals surface area contributed by atoms with E-state index in [9.17, 15) is 53.0 Å². The summed E-state index contributed by atoms with van der Waals surface area (Å²) in [6.07, 6.45) is -2.30. The second-order valence-corrected chi connectivity index (χ2v) is 19.8. The smallest absolute Gasteiger partial charge is 0.409 e. The molecule has 0 spiro atoms. The van der Waals surface area contributed by atoms with Gasteiger partial charge in [-0.1, -0.05) is 54.5 Å². The van der Waals surface area contributed by atoms with E-state index in [0.29, 0.717) is 23.2 Å². The fourth-order valence-corrected chi connectivity index (χ4v) is 8.72. The lowest BCUT2D eigenvalue weighted by Crippen LogP contribution is -2.63. The van der Waals surface area contributed by atoms with Gasteiger partial charge in [0.25, 0.3) is 0 Å². The quantitative estimate of drug-likeness (QED) is 0.0584. The molecule has 6 amide bonds. The molecular weight excluding hydrogens is 959 g/mol. The Bertz CT molecular complexity index is 2450. The maximum Gasteiger partial charge on any atom is 0.409 e. The molecule has 5 rings (SSSR count). The van der Waals surface area contributed by atoms with Crippen molar-refractivity contribution in [2.45, 2.75) is 115 Å². The zero-order valence-electron chi connectivity index (χ0n) is 39.9. The van der Waals surface area contributed by atoms with Crippen molar-refractivity contribution in [3.63, 3.8) is 0 Å². The Hall–Kier alpha value is -5.87. The number of anilines is 2. The van der Waals surface area contributed by atoms with Gasteiger partial charge in [-0.15, -0.1) is 0 Å². The molecular formula is C46H60ClN6O16P. The summed E-state index contributed by atoms with van der Waals surface area (Å²) < 4.78 is 40.9. The minimum Gasteiger partial charge on any atom is -0.487 e. The third kappa shape index (κ3) is 14.4. The number of allylic oxidation sites excluding steroid dienone is 3. The van der Waals surface area contributed by atoms with Gasteiger partial charge in [-0.2, -0.15) is 0 Å². The van der Waals surface area contributed by atoms with Crippen molar-refractivity contribution >= 4 is 72.2 Å². The zero-order chi connectivity index (χ0) is 51.9. The van der Waals surface area contributed by atoms with Crippen molar-refractivity contribution in [2.75, 3.05) is 37.6 Å². The van der Waals surface area contributed by atoms with Crippen molar-refractivity contribution in [1.29, 1.82) is 0 Å². The second-order valence-electron chi connectivity index (χ2n) is 17.7. The summed E-state index contributed by atoms with van der Waals surface area (Å²) in [5.41, 5.74) is -0.667. The number of hydrogen-bond donors (Lipinski definition) is 8. The van der Waals surface area contributed by atoms with Gasteiger partial charge in [0.05, 0.1) is 18.2 Å². The molecule has 8 N–H and O–H groups in total.